The summed E-state index contributed by atoms with van der Waals surface area (Å²) in [4.78, 5) is 25.3. The van der Waals surface area contributed by atoms with E-state index < -0.39 is 0 Å². The number of hydrogen-bond acceptors (Lipinski definition) is 5. The molecule has 1 amide bonds. The van der Waals surface area contributed by atoms with Crippen molar-refractivity contribution in [2.24, 2.45) is 0 Å². The maximum absolute atomic E-state index is 12.7. The highest BCUT2D eigenvalue weighted by molar-refractivity contribution is 6.31. The molecule has 1 aromatic heterocycles. The third-order valence-corrected chi connectivity index (χ3v) is 5.07. The fourth-order valence-corrected chi connectivity index (χ4v) is 3.41. The molecule has 3 aromatic carbocycles. The van der Waals surface area contributed by atoms with Crippen LogP contribution >= 0.6 is 11.6 Å². The second-order valence-electron chi connectivity index (χ2n) is 7.12. The van der Waals surface area contributed by atoms with Gasteiger partial charge in [-0.05, 0) is 56.3 Å². The van der Waals surface area contributed by atoms with Crippen LogP contribution in [0.2, 0.25) is 5.02 Å². The number of amides is 1. The molecule has 0 aliphatic carbocycles. The number of ketones is 1. The van der Waals surface area contributed by atoms with Crippen LogP contribution in [0, 0.1) is 13.8 Å². The number of aryl methyl sites for hydroxylation is 2. The topological polar surface area (TPSA) is 81.4 Å². The Labute approximate surface area is 189 Å². The van der Waals surface area contributed by atoms with E-state index in [9.17, 15) is 9.59 Å². The number of benzene rings is 3. The van der Waals surface area contributed by atoms with E-state index in [4.69, 9.17) is 20.9 Å². The molecule has 32 heavy (non-hydrogen) atoms. The predicted molar refractivity (Wildman–Crippen MR) is 122 cm³/mol. The molecular weight excluding hydrogens is 428 g/mol. The first kappa shape index (κ1) is 21.3. The van der Waals surface area contributed by atoms with Gasteiger partial charge in [-0.25, -0.2) is 0 Å². The molecule has 4 rings (SSSR count). The lowest BCUT2D eigenvalue weighted by Gasteiger charge is -2.13. The van der Waals surface area contributed by atoms with E-state index in [-0.39, 0.29) is 11.7 Å². The Balaban J connectivity index is 1.55. The van der Waals surface area contributed by atoms with Crippen molar-refractivity contribution in [3.8, 4) is 11.5 Å². The first-order valence-electron chi connectivity index (χ1n) is 9.84. The zero-order chi connectivity index (χ0) is 22.7. The van der Waals surface area contributed by atoms with Crippen molar-refractivity contribution < 1.29 is 18.8 Å². The molecule has 0 atom stereocenters. The van der Waals surface area contributed by atoms with Crippen molar-refractivity contribution in [3.63, 3.8) is 0 Å². The van der Waals surface area contributed by atoms with Gasteiger partial charge in [-0.1, -0.05) is 47.1 Å². The van der Waals surface area contributed by atoms with Gasteiger partial charge in [0.1, 0.15) is 17.1 Å². The van der Waals surface area contributed by atoms with Crippen LogP contribution in [-0.2, 0) is 0 Å². The smallest absolute Gasteiger partial charge is 0.261 e. The predicted octanol–water partition coefficient (Wildman–Crippen LogP) is 6.22. The summed E-state index contributed by atoms with van der Waals surface area (Å²) in [5.41, 5.74) is 2.41. The van der Waals surface area contributed by atoms with Gasteiger partial charge in [-0.3, -0.25) is 9.59 Å². The summed E-state index contributed by atoms with van der Waals surface area (Å²) >= 11 is 6.13. The molecule has 7 heteroatoms. The Morgan fingerprint density at radius 3 is 2.28 bits per heavy atom. The van der Waals surface area contributed by atoms with Crippen LogP contribution in [-0.4, -0.2) is 16.8 Å². The Hall–Kier alpha value is -3.90. The maximum atomic E-state index is 12.7. The zero-order valence-corrected chi connectivity index (χ0v) is 18.1. The average Bonchev–Trinajstić information content (AvgIpc) is 3.14. The number of nitrogens with one attached hydrogen (secondary N) is 1. The van der Waals surface area contributed by atoms with Crippen LogP contribution in [0.3, 0.4) is 0 Å². The Bertz CT molecular complexity index is 1260. The summed E-state index contributed by atoms with van der Waals surface area (Å²) in [6, 6.07) is 20.8. The van der Waals surface area contributed by atoms with E-state index in [2.05, 4.69) is 10.5 Å². The van der Waals surface area contributed by atoms with Crippen molar-refractivity contribution in [2.45, 2.75) is 13.8 Å². The number of rotatable bonds is 6. The van der Waals surface area contributed by atoms with Crippen LogP contribution in [0.25, 0.3) is 0 Å². The summed E-state index contributed by atoms with van der Waals surface area (Å²) in [7, 11) is 0. The molecule has 0 aliphatic heterocycles. The monoisotopic (exact) mass is 446 g/mol. The SMILES string of the molecule is Cc1noc(C)c1C(=O)Nc1cc(Cl)ccc1Oc1ccc(C(=O)c2ccccc2)cc1. The number of halogens is 1. The van der Waals surface area contributed by atoms with Crippen LogP contribution < -0.4 is 10.1 Å². The first-order valence-corrected chi connectivity index (χ1v) is 10.2. The second-order valence-corrected chi connectivity index (χ2v) is 7.55. The summed E-state index contributed by atoms with van der Waals surface area (Å²) in [6.07, 6.45) is 0. The standard InChI is InChI=1S/C25H19ClN2O4/c1-15-23(16(2)32-28-15)25(30)27-21-14-19(26)10-13-22(21)31-20-11-8-18(9-12-20)24(29)17-6-4-3-5-7-17/h3-14H,1-2H3,(H,27,30). The Morgan fingerprint density at radius 2 is 1.62 bits per heavy atom. The number of ether oxygens (including phenoxy) is 1. The van der Waals surface area contributed by atoms with Crippen molar-refractivity contribution in [1.82, 2.24) is 5.16 Å². The van der Waals surface area contributed by atoms with E-state index in [1.165, 1.54) is 0 Å². The zero-order valence-electron chi connectivity index (χ0n) is 17.4. The highest BCUT2D eigenvalue weighted by Gasteiger charge is 2.19. The summed E-state index contributed by atoms with van der Waals surface area (Å²) < 4.78 is 11.0. The highest BCUT2D eigenvalue weighted by atomic mass is 35.5. The van der Waals surface area contributed by atoms with Crippen molar-refractivity contribution in [3.05, 3.63) is 106 Å². The van der Waals surface area contributed by atoms with Gasteiger partial charge < -0.3 is 14.6 Å². The molecule has 1 heterocycles. The van der Waals surface area contributed by atoms with Crippen LogP contribution in [0.4, 0.5) is 5.69 Å². The minimum Gasteiger partial charge on any atom is -0.455 e. The largest absolute Gasteiger partial charge is 0.455 e. The summed E-state index contributed by atoms with van der Waals surface area (Å²) in [5, 5.41) is 7.05. The number of carbonyl (C=O) groups excluding carboxylic acids is 2. The summed E-state index contributed by atoms with van der Waals surface area (Å²) in [5.74, 6) is 0.873. The molecule has 0 unspecified atom stereocenters. The number of carbonyl (C=O) groups is 2. The number of aromatic nitrogens is 1. The lowest BCUT2D eigenvalue weighted by molar-refractivity contribution is 0.102. The second kappa shape index (κ2) is 9.08. The number of anilines is 1. The van der Waals surface area contributed by atoms with Gasteiger partial charge in [0.25, 0.3) is 5.91 Å². The molecule has 160 valence electrons. The quantitative estimate of drug-likeness (QED) is 0.355. The molecular formula is C25H19ClN2O4. The molecule has 0 fully saturated rings. The van der Waals surface area contributed by atoms with Crippen LogP contribution in [0.5, 0.6) is 11.5 Å². The maximum Gasteiger partial charge on any atom is 0.261 e. The lowest BCUT2D eigenvalue weighted by atomic mass is 10.0. The molecule has 0 spiro atoms. The molecule has 0 bridgehead atoms. The fourth-order valence-electron chi connectivity index (χ4n) is 3.24. The number of nitrogens with zero attached hydrogens (tertiary/aromatic N) is 1. The average molecular weight is 447 g/mol. The molecule has 6 nitrogen and oxygen atoms in total. The molecule has 0 radical (unpaired) electrons. The van der Waals surface area contributed by atoms with Gasteiger partial charge in [0, 0.05) is 16.1 Å². The number of hydrogen-bond donors (Lipinski definition) is 1. The van der Waals surface area contributed by atoms with Gasteiger partial charge in [-0.15, -0.1) is 0 Å². The van der Waals surface area contributed by atoms with E-state index in [0.29, 0.717) is 50.4 Å². The first-order chi connectivity index (χ1) is 15.4. The van der Waals surface area contributed by atoms with Gasteiger partial charge in [0.2, 0.25) is 0 Å². The minimum absolute atomic E-state index is 0.0731. The van der Waals surface area contributed by atoms with Crippen molar-refractivity contribution >= 4 is 29.0 Å². The van der Waals surface area contributed by atoms with Gasteiger partial charge in [0.15, 0.2) is 11.5 Å². The molecule has 1 N–H and O–H groups in total. The third-order valence-electron chi connectivity index (χ3n) is 4.83. The van der Waals surface area contributed by atoms with Gasteiger partial charge in [0.05, 0.1) is 11.4 Å². The minimum atomic E-state index is -0.378. The van der Waals surface area contributed by atoms with Crippen LogP contribution in [0.1, 0.15) is 37.7 Å². The fraction of sp³-hybridized carbons (Fsp3) is 0.0800. The Morgan fingerprint density at radius 1 is 0.938 bits per heavy atom. The van der Waals surface area contributed by atoms with Gasteiger partial charge in [-0.2, -0.15) is 0 Å². The normalized spacial score (nSPS) is 10.6. The van der Waals surface area contributed by atoms with E-state index in [1.54, 1.807) is 68.4 Å². The van der Waals surface area contributed by atoms with Crippen molar-refractivity contribution in [1.29, 1.82) is 0 Å². The van der Waals surface area contributed by atoms with Crippen molar-refractivity contribution in [2.75, 3.05) is 5.32 Å². The highest BCUT2D eigenvalue weighted by Crippen LogP contribution is 2.33. The third kappa shape index (κ3) is 4.55. The Kier molecular flexibility index (Phi) is 6.05. The molecule has 0 saturated carbocycles. The van der Waals surface area contributed by atoms with E-state index >= 15 is 0 Å². The van der Waals surface area contributed by atoms with E-state index in [0.717, 1.165) is 0 Å². The molecule has 0 saturated heterocycles. The molecule has 0 aliphatic rings. The summed E-state index contributed by atoms with van der Waals surface area (Å²) in [6.45, 7) is 3.36. The van der Waals surface area contributed by atoms with Crippen LogP contribution in [0.15, 0.2) is 77.3 Å². The molecule has 4 aromatic rings. The van der Waals surface area contributed by atoms with E-state index in [1.807, 2.05) is 18.2 Å². The van der Waals surface area contributed by atoms with Gasteiger partial charge >= 0.3 is 0 Å². The lowest BCUT2D eigenvalue weighted by Crippen LogP contribution is -2.14.